The molecule has 0 aliphatic carbocycles. The summed E-state index contributed by atoms with van der Waals surface area (Å²) in [6.45, 7) is 10.6. The molecule has 2 heterocycles. The van der Waals surface area contributed by atoms with Crippen molar-refractivity contribution in [3.63, 3.8) is 0 Å². The van der Waals surface area contributed by atoms with Crippen molar-refractivity contribution in [2.45, 2.75) is 97.2 Å². The molecule has 4 N–H and O–H groups in total. The van der Waals surface area contributed by atoms with E-state index in [1.54, 1.807) is 27.7 Å². The number of hydrogen-bond donors (Lipinski definition) is 4. The van der Waals surface area contributed by atoms with Crippen molar-refractivity contribution in [3.8, 4) is 0 Å². The van der Waals surface area contributed by atoms with Crippen LogP contribution in [0.1, 0.15) is 74.5 Å². The maximum Gasteiger partial charge on any atom is 0.407 e. The predicted molar refractivity (Wildman–Crippen MR) is 202 cm³/mol. The Morgan fingerprint density at radius 1 is 0.882 bits per heavy atom. The number of aromatic nitrogens is 2. The summed E-state index contributed by atoms with van der Waals surface area (Å²) >= 11 is 2.85. The van der Waals surface area contributed by atoms with Crippen LogP contribution in [0.2, 0.25) is 0 Å². The van der Waals surface area contributed by atoms with Crippen molar-refractivity contribution in [2.24, 2.45) is 5.92 Å². The number of benzene rings is 2. The number of alkyl carbamates (subject to hydrolysis) is 1. The number of ether oxygens (including phenoxy) is 1. The summed E-state index contributed by atoms with van der Waals surface area (Å²) in [5.41, 5.74) is 3.34. The first-order valence-electron chi connectivity index (χ1n) is 17.4. The van der Waals surface area contributed by atoms with Crippen molar-refractivity contribution < 1.29 is 24.2 Å². The minimum Gasteiger partial charge on any atom is -0.443 e. The van der Waals surface area contributed by atoms with Gasteiger partial charge in [0.15, 0.2) is 0 Å². The molecular weight excluding hydrogens is 685 g/mol. The van der Waals surface area contributed by atoms with E-state index in [2.05, 4.69) is 39.2 Å². The molecule has 0 saturated heterocycles. The summed E-state index contributed by atoms with van der Waals surface area (Å²) in [4.78, 5) is 46.7. The zero-order chi connectivity index (χ0) is 36.8. The van der Waals surface area contributed by atoms with Crippen molar-refractivity contribution in [1.82, 2.24) is 30.2 Å². The molecule has 0 saturated carbocycles. The molecule has 0 radical (unpaired) electrons. The van der Waals surface area contributed by atoms with Crippen molar-refractivity contribution in [1.29, 1.82) is 0 Å². The van der Waals surface area contributed by atoms with Gasteiger partial charge in [-0.3, -0.25) is 4.79 Å². The summed E-state index contributed by atoms with van der Waals surface area (Å²) in [6, 6.07) is 18.6. The molecule has 0 fully saturated rings. The van der Waals surface area contributed by atoms with Gasteiger partial charge in [-0.25, -0.2) is 14.6 Å². The first-order chi connectivity index (χ1) is 24.5. The number of nitrogens with one attached hydrogen (secondary N) is 3. The van der Waals surface area contributed by atoms with E-state index in [0.717, 1.165) is 21.8 Å². The van der Waals surface area contributed by atoms with Crippen molar-refractivity contribution in [3.05, 3.63) is 105 Å². The van der Waals surface area contributed by atoms with E-state index in [1.807, 2.05) is 86.8 Å². The maximum atomic E-state index is 14.0. The third kappa shape index (κ3) is 12.7. The Hall–Kier alpha value is -4.33. The molecule has 4 amide bonds. The highest BCUT2D eigenvalue weighted by Gasteiger charge is 2.31. The molecular formula is C38H50N6O5S2. The van der Waals surface area contributed by atoms with Gasteiger partial charge in [0.2, 0.25) is 5.91 Å². The molecule has 51 heavy (non-hydrogen) atoms. The molecule has 0 spiro atoms. The van der Waals surface area contributed by atoms with Crippen LogP contribution in [0.5, 0.6) is 0 Å². The van der Waals surface area contributed by atoms with Crippen LogP contribution in [0.15, 0.2) is 77.5 Å². The number of carbonyl (C=O) groups is 3. The number of hydrogen-bond acceptors (Lipinski definition) is 9. The minimum absolute atomic E-state index is 0.0106. The van der Waals surface area contributed by atoms with Crippen LogP contribution >= 0.6 is 22.9 Å². The lowest BCUT2D eigenvalue weighted by molar-refractivity contribution is -0.124. The molecule has 0 aliphatic rings. The minimum atomic E-state index is -1.05. The second-order valence-corrected chi connectivity index (χ2v) is 14.8. The van der Waals surface area contributed by atoms with E-state index in [4.69, 9.17) is 4.74 Å². The Labute approximate surface area is 309 Å². The van der Waals surface area contributed by atoms with E-state index < -0.39 is 30.3 Å². The van der Waals surface area contributed by atoms with E-state index in [-0.39, 0.29) is 30.9 Å². The molecule has 4 rings (SSSR count). The third-order valence-electron chi connectivity index (χ3n) is 8.42. The largest absolute Gasteiger partial charge is 0.443 e. The zero-order valence-electron chi connectivity index (χ0n) is 30.0. The zero-order valence-corrected chi connectivity index (χ0v) is 31.6. The van der Waals surface area contributed by atoms with Gasteiger partial charge in [0.05, 0.1) is 35.1 Å². The number of urea groups is 1. The van der Waals surface area contributed by atoms with Crippen LogP contribution in [-0.4, -0.2) is 68.2 Å². The normalized spacial score (nSPS) is 13.6. The molecule has 11 nitrogen and oxygen atoms in total. The number of aliphatic hydroxyl groups is 1. The van der Waals surface area contributed by atoms with Gasteiger partial charge >= 0.3 is 12.1 Å². The number of nitrogens with zero attached hydrogens (tertiary/aromatic N) is 3. The highest BCUT2D eigenvalue weighted by atomic mass is 32.1. The summed E-state index contributed by atoms with van der Waals surface area (Å²) in [5, 5.41) is 25.4. The lowest BCUT2D eigenvalue weighted by Crippen LogP contribution is -2.56. The fourth-order valence-electron chi connectivity index (χ4n) is 5.58. The fraction of sp³-hybridized carbons (Fsp3) is 0.447. The van der Waals surface area contributed by atoms with Gasteiger partial charge in [-0.15, -0.1) is 11.3 Å². The lowest BCUT2D eigenvalue weighted by atomic mass is 9.93. The first kappa shape index (κ1) is 39.5. The standard InChI is InChI=1S/C38H50N6O5S2/c1-6-44(22-31-24-50-36(40-31)26(4)5)37(47)42-34(25(2)3)35(46)39-30(19-27-13-9-7-10-14-27)21-33(45)32(20-28-15-11-8-12-16-28)41-38(48)49-23-29-17-18-51-43-29/h7-18,24-26,30,32-34,45H,6,19-23H2,1-5H3,(H,39,46)(H,41,48)(H,42,47)/t30-,32-,33-,34-/m0/s1. The second-order valence-electron chi connectivity index (χ2n) is 13.2. The maximum absolute atomic E-state index is 14.0. The number of carbonyl (C=O) groups excluding carboxylic acids is 3. The van der Waals surface area contributed by atoms with Crippen molar-refractivity contribution >= 4 is 40.9 Å². The molecule has 2 aromatic carbocycles. The van der Waals surface area contributed by atoms with Crippen LogP contribution in [0.4, 0.5) is 9.59 Å². The first-order valence-corrected chi connectivity index (χ1v) is 19.1. The SMILES string of the molecule is CCN(Cc1csc(C(C)C)n1)C(=O)N[C@H](C(=O)N[C@@H](Cc1ccccc1)C[C@H](O)[C@H](Cc1ccccc1)NC(=O)OCc1ccsn1)C(C)C. The number of thiazole rings is 1. The Bertz CT molecular complexity index is 1630. The van der Waals surface area contributed by atoms with E-state index in [0.29, 0.717) is 37.5 Å². The Morgan fingerprint density at radius 2 is 1.55 bits per heavy atom. The van der Waals surface area contributed by atoms with Crippen LogP contribution in [0.25, 0.3) is 0 Å². The van der Waals surface area contributed by atoms with Gasteiger partial charge in [-0.2, -0.15) is 4.37 Å². The summed E-state index contributed by atoms with van der Waals surface area (Å²) in [5.74, 6) is -0.272. The molecule has 0 bridgehead atoms. The Morgan fingerprint density at radius 3 is 2.12 bits per heavy atom. The van der Waals surface area contributed by atoms with Gasteiger partial charge in [0, 0.05) is 29.3 Å². The van der Waals surface area contributed by atoms with E-state index in [1.165, 1.54) is 11.5 Å². The number of rotatable bonds is 18. The molecule has 0 unspecified atom stereocenters. The second kappa shape index (κ2) is 19.9. The molecule has 13 heteroatoms. The highest BCUT2D eigenvalue weighted by molar-refractivity contribution is 7.09. The fourth-order valence-corrected chi connectivity index (χ4v) is 6.93. The smallest absolute Gasteiger partial charge is 0.407 e. The summed E-state index contributed by atoms with van der Waals surface area (Å²) in [7, 11) is 0. The van der Waals surface area contributed by atoms with Crippen LogP contribution in [0, 0.1) is 5.92 Å². The quantitative estimate of drug-likeness (QED) is 0.0940. The topological polar surface area (TPSA) is 146 Å². The Balaban J connectivity index is 1.48. The third-order valence-corrected chi connectivity index (χ3v) is 10.2. The van der Waals surface area contributed by atoms with E-state index >= 15 is 0 Å². The van der Waals surface area contributed by atoms with Gasteiger partial charge in [-0.05, 0) is 60.8 Å². The van der Waals surface area contributed by atoms with Crippen LogP contribution in [0.3, 0.4) is 0 Å². The molecule has 0 aliphatic heterocycles. The number of aliphatic hydroxyl groups excluding tert-OH is 1. The van der Waals surface area contributed by atoms with Gasteiger partial charge in [0.25, 0.3) is 0 Å². The highest BCUT2D eigenvalue weighted by Crippen LogP contribution is 2.20. The van der Waals surface area contributed by atoms with Crippen molar-refractivity contribution in [2.75, 3.05) is 6.54 Å². The molecule has 274 valence electrons. The predicted octanol–water partition coefficient (Wildman–Crippen LogP) is 6.30. The number of amides is 4. The van der Waals surface area contributed by atoms with Crippen LogP contribution in [-0.2, 0) is 35.5 Å². The molecule has 4 atom stereocenters. The van der Waals surface area contributed by atoms with E-state index in [9.17, 15) is 19.5 Å². The van der Waals surface area contributed by atoms with Gasteiger partial charge < -0.3 is 30.7 Å². The van der Waals surface area contributed by atoms with Gasteiger partial charge in [0.1, 0.15) is 12.6 Å². The monoisotopic (exact) mass is 734 g/mol. The average Bonchev–Trinajstić information content (AvgIpc) is 3.82. The molecule has 4 aromatic rings. The average molecular weight is 735 g/mol. The lowest BCUT2D eigenvalue weighted by Gasteiger charge is -2.31. The van der Waals surface area contributed by atoms with Gasteiger partial charge in [-0.1, -0.05) is 88.4 Å². The summed E-state index contributed by atoms with van der Waals surface area (Å²) in [6.07, 6.45) is -0.825. The van der Waals surface area contributed by atoms with Crippen LogP contribution < -0.4 is 16.0 Å². The Kier molecular flexibility index (Phi) is 15.4. The molecule has 2 aromatic heterocycles. The summed E-state index contributed by atoms with van der Waals surface area (Å²) < 4.78 is 9.58.